The van der Waals surface area contributed by atoms with Gasteiger partial charge in [-0.05, 0) is 12.1 Å². The zero-order valence-corrected chi connectivity index (χ0v) is 8.66. The smallest absolute Gasteiger partial charge is 0.238 e. The Bertz CT molecular complexity index is 528. The van der Waals surface area contributed by atoms with Crippen molar-refractivity contribution in [3.63, 3.8) is 0 Å². The summed E-state index contributed by atoms with van der Waals surface area (Å²) in [6.07, 6.45) is 3.45. The molecule has 74 valence electrons. The van der Waals surface area contributed by atoms with Gasteiger partial charge in [-0.1, -0.05) is 6.07 Å². The van der Waals surface area contributed by atoms with E-state index in [-0.39, 0.29) is 5.75 Å². The fourth-order valence-electron chi connectivity index (χ4n) is 1.23. The van der Waals surface area contributed by atoms with E-state index in [4.69, 9.17) is 10.7 Å². The lowest BCUT2D eigenvalue weighted by Crippen LogP contribution is -1.94. The van der Waals surface area contributed by atoms with Gasteiger partial charge in [0.1, 0.15) is 11.4 Å². The Balaban J connectivity index is 2.46. The number of hydrogen-bond donors (Lipinski definition) is 0. The summed E-state index contributed by atoms with van der Waals surface area (Å²) >= 11 is 0. The third kappa shape index (κ3) is 2.05. The Morgan fingerprint density at radius 1 is 1.43 bits per heavy atom. The van der Waals surface area contributed by atoms with Crippen molar-refractivity contribution in [2.75, 3.05) is 0 Å². The maximum absolute atomic E-state index is 10.8. The molecular weight excluding hydrogens is 224 g/mol. The summed E-state index contributed by atoms with van der Waals surface area (Å²) < 4.78 is 23.3. The quantitative estimate of drug-likeness (QED) is 0.733. The molecule has 2 aromatic heterocycles. The predicted octanol–water partition coefficient (Wildman–Crippen LogP) is 1.40. The third-order valence-electron chi connectivity index (χ3n) is 1.73. The molecule has 2 heterocycles. The van der Waals surface area contributed by atoms with Crippen molar-refractivity contribution in [1.29, 1.82) is 0 Å². The van der Waals surface area contributed by atoms with Crippen LogP contribution in [0, 0.1) is 0 Å². The van der Waals surface area contributed by atoms with Crippen LogP contribution in [-0.2, 0) is 14.8 Å². The summed E-state index contributed by atoms with van der Waals surface area (Å²) in [6, 6.07) is 5.47. The second kappa shape index (κ2) is 3.25. The van der Waals surface area contributed by atoms with Gasteiger partial charge in [-0.25, -0.2) is 13.4 Å². The molecule has 0 bridgehead atoms. The van der Waals surface area contributed by atoms with Crippen LogP contribution in [0.4, 0.5) is 0 Å². The maximum Gasteiger partial charge on any atom is 0.238 e. The summed E-state index contributed by atoms with van der Waals surface area (Å²) in [4.78, 5) is 4.10. The Morgan fingerprint density at radius 3 is 2.86 bits per heavy atom. The van der Waals surface area contributed by atoms with Crippen LogP contribution in [0.2, 0.25) is 0 Å². The van der Waals surface area contributed by atoms with Gasteiger partial charge < -0.3 is 4.40 Å². The first kappa shape index (κ1) is 9.48. The van der Waals surface area contributed by atoms with E-state index in [2.05, 4.69) is 4.98 Å². The second-order valence-corrected chi connectivity index (χ2v) is 5.66. The molecular formula is C8H7ClN2O2S. The van der Waals surface area contributed by atoms with E-state index < -0.39 is 9.05 Å². The average molecular weight is 231 g/mol. The summed E-state index contributed by atoms with van der Waals surface area (Å²) in [6.45, 7) is 0. The van der Waals surface area contributed by atoms with E-state index in [9.17, 15) is 8.42 Å². The highest BCUT2D eigenvalue weighted by Crippen LogP contribution is 2.10. The van der Waals surface area contributed by atoms with Crippen molar-refractivity contribution in [2.45, 2.75) is 5.75 Å². The van der Waals surface area contributed by atoms with Crippen LogP contribution in [-0.4, -0.2) is 17.8 Å². The van der Waals surface area contributed by atoms with Crippen molar-refractivity contribution in [3.05, 3.63) is 36.3 Å². The number of aromatic nitrogens is 2. The van der Waals surface area contributed by atoms with E-state index in [0.29, 0.717) is 11.3 Å². The summed E-state index contributed by atoms with van der Waals surface area (Å²) in [5.41, 5.74) is 1.16. The van der Waals surface area contributed by atoms with E-state index in [1.807, 2.05) is 12.1 Å². The molecule has 4 nitrogen and oxygen atoms in total. The fourth-order valence-corrected chi connectivity index (χ4v) is 2.06. The van der Waals surface area contributed by atoms with E-state index in [1.54, 1.807) is 22.9 Å². The van der Waals surface area contributed by atoms with Crippen LogP contribution in [0.25, 0.3) is 5.65 Å². The van der Waals surface area contributed by atoms with Gasteiger partial charge in [0.05, 0.1) is 5.69 Å². The molecule has 0 saturated carbocycles. The topological polar surface area (TPSA) is 51.4 Å². The molecule has 0 unspecified atom stereocenters. The first-order valence-electron chi connectivity index (χ1n) is 3.89. The molecule has 0 saturated heterocycles. The van der Waals surface area contributed by atoms with Gasteiger partial charge in [0, 0.05) is 23.1 Å². The molecule has 0 N–H and O–H groups in total. The van der Waals surface area contributed by atoms with E-state index in [0.717, 1.165) is 0 Å². The molecule has 14 heavy (non-hydrogen) atoms. The Kier molecular flexibility index (Phi) is 2.20. The lowest BCUT2D eigenvalue weighted by molar-refractivity contribution is 0.608. The van der Waals surface area contributed by atoms with Crippen molar-refractivity contribution < 1.29 is 8.42 Å². The molecule has 0 fully saturated rings. The molecule has 0 aliphatic heterocycles. The zero-order valence-electron chi connectivity index (χ0n) is 7.09. The fraction of sp³-hybridized carbons (Fsp3) is 0.125. The summed E-state index contributed by atoms with van der Waals surface area (Å²) in [5, 5.41) is 0. The molecule has 2 rings (SSSR count). The zero-order chi connectivity index (χ0) is 10.2. The number of halogens is 1. The van der Waals surface area contributed by atoms with Gasteiger partial charge in [0.25, 0.3) is 0 Å². The molecule has 6 heteroatoms. The lowest BCUT2D eigenvalue weighted by Gasteiger charge is -1.87. The second-order valence-electron chi connectivity index (χ2n) is 2.88. The third-order valence-corrected chi connectivity index (χ3v) is 2.70. The number of hydrogen-bond acceptors (Lipinski definition) is 3. The van der Waals surface area contributed by atoms with Gasteiger partial charge in [-0.3, -0.25) is 0 Å². The standard InChI is InChI=1S/C8H7ClN2O2S/c9-14(12,13)6-7-5-11-4-2-1-3-8(11)10-7/h1-5H,6H2. The largest absolute Gasteiger partial charge is 0.307 e. The lowest BCUT2D eigenvalue weighted by atomic mass is 10.5. The summed E-state index contributed by atoms with van der Waals surface area (Å²) in [5.74, 6) is -0.240. The number of pyridine rings is 1. The number of rotatable bonds is 2. The minimum absolute atomic E-state index is 0.240. The van der Waals surface area contributed by atoms with Gasteiger partial charge in [-0.15, -0.1) is 0 Å². The first-order chi connectivity index (χ1) is 6.54. The number of imidazole rings is 1. The van der Waals surface area contributed by atoms with Gasteiger partial charge in [-0.2, -0.15) is 0 Å². The maximum atomic E-state index is 10.8. The average Bonchev–Trinajstić information content (AvgIpc) is 2.42. The molecule has 2 aromatic rings. The minimum atomic E-state index is -3.53. The highest BCUT2D eigenvalue weighted by atomic mass is 35.7. The first-order valence-corrected chi connectivity index (χ1v) is 6.37. The van der Waals surface area contributed by atoms with Crippen LogP contribution >= 0.6 is 10.7 Å². The van der Waals surface area contributed by atoms with Crippen molar-refractivity contribution in [3.8, 4) is 0 Å². The molecule has 0 aliphatic carbocycles. The minimum Gasteiger partial charge on any atom is -0.307 e. The molecule has 0 amide bonds. The monoisotopic (exact) mass is 230 g/mol. The van der Waals surface area contributed by atoms with Crippen molar-refractivity contribution in [2.24, 2.45) is 0 Å². The Morgan fingerprint density at radius 2 is 2.21 bits per heavy atom. The summed E-state index contributed by atoms with van der Waals surface area (Å²) in [7, 11) is 1.59. The SMILES string of the molecule is O=S(=O)(Cl)Cc1cn2ccccc2n1. The van der Waals surface area contributed by atoms with Crippen LogP contribution < -0.4 is 0 Å². The number of nitrogens with zero attached hydrogens (tertiary/aromatic N) is 2. The Hall–Kier alpha value is -1.07. The highest BCUT2D eigenvalue weighted by molar-refractivity contribution is 8.13. The highest BCUT2D eigenvalue weighted by Gasteiger charge is 2.10. The molecule has 0 spiro atoms. The van der Waals surface area contributed by atoms with Crippen molar-refractivity contribution in [1.82, 2.24) is 9.38 Å². The van der Waals surface area contributed by atoms with Gasteiger partial charge >= 0.3 is 0 Å². The predicted molar refractivity (Wildman–Crippen MR) is 53.7 cm³/mol. The van der Waals surface area contributed by atoms with Crippen LogP contribution in [0.3, 0.4) is 0 Å². The number of fused-ring (bicyclic) bond motifs is 1. The molecule has 0 aliphatic rings. The molecule has 0 atom stereocenters. The van der Waals surface area contributed by atoms with Crippen LogP contribution in [0.15, 0.2) is 30.6 Å². The molecule has 0 aromatic carbocycles. The molecule has 0 radical (unpaired) electrons. The van der Waals surface area contributed by atoms with E-state index >= 15 is 0 Å². The Labute approximate surface area is 85.6 Å². The van der Waals surface area contributed by atoms with Gasteiger partial charge in [0.15, 0.2) is 0 Å². The van der Waals surface area contributed by atoms with Crippen LogP contribution in [0.5, 0.6) is 0 Å². The van der Waals surface area contributed by atoms with Gasteiger partial charge in [0.2, 0.25) is 9.05 Å². The van der Waals surface area contributed by atoms with Crippen LogP contribution in [0.1, 0.15) is 5.69 Å². The van der Waals surface area contributed by atoms with E-state index in [1.165, 1.54) is 0 Å². The van der Waals surface area contributed by atoms with Crippen molar-refractivity contribution >= 4 is 25.4 Å². The normalized spacial score (nSPS) is 12.1.